The quantitative estimate of drug-likeness (QED) is 0.645. The van der Waals surface area contributed by atoms with Gasteiger partial charge in [0.1, 0.15) is 0 Å². The van der Waals surface area contributed by atoms with Crippen LogP contribution < -0.4 is 0 Å². The predicted molar refractivity (Wildman–Crippen MR) is 106 cm³/mol. The fraction of sp³-hybridized carbons (Fsp3) is 0.600. The van der Waals surface area contributed by atoms with Gasteiger partial charge in [-0.3, -0.25) is 9.59 Å². The molecule has 0 N–H and O–H groups in total. The smallest absolute Gasteiger partial charge is 0.310 e. The van der Waals surface area contributed by atoms with E-state index in [1.807, 2.05) is 13.8 Å². The van der Waals surface area contributed by atoms with Crippen molar-refractivity contribution in [3.63, 3.8) is 0 Å². The van der Waals surface area contributed by atoms with Crippen molar-refractivity contribution in [2.45, 2.75) is 51.0 Å². The lowest BCUT2D eigenvalue weighted by molar-refractivity contribution is -0.145. The first-order chi connectivity index (χ1) is 13.2. The predicted octanol–water partition coefficient (Wildman–Crippen LogP) is 2.52. The summed E-state index contributed by atoms with van der Waals surface area (Å²) in [5, 5.41) is 0. The number of carbonyl (C=O) groups excluding carboxylic acids is 2. The van der Waals surface area contributed by atoms with Gasteiger partial charge in [0.2, 0.25) is 10.0 Å². The van der Waals surface area contributed by atoms with Crippen molar-refractivity contribution in [1.29, 1.82) is 0 Å². The Bertz CT molecular complexity index is 791. The average molecular weight is 411 g/mol. The van der Waals surface area contributed by atoms with Gasteiger partial charge >= 0.3 is 5.97 Å². The minimum absolute atomic E-state index is 0.0181. The number of hydrogen-bond donors (Lipinski definition) is 0. The van der Waals surface area contributed by atoms with Crippen LogP contribution in [-0.2, 0) is 19.6 Å². The van der Waals surface area contributed by atoms with Crippen molar-refractivity contribution in [3.8, 4) is 0 Å². The number of carbonyl (C=O) groups is 2. The van der Waals surface area contributed by atoms with E-state index in [1.54, 1.807) is 16.1 Å². The highest BCUT2D eigenvalue weighted by atomic mass is 32.2. The van der Waals surface area contributed by atoms with Crippen LogP contribution in [0.3, 0.4) is 0 Å². The van der Waals surface area contributed by atoms with Gasteiger partial charge in [-0.15, -0.1) is 0 Å². The van der Waals surface area contributed by atoms with E-state index < -0.39 is 15.9 Å². The first-order valence-electron chi connectivity index (χ1n) is 9.71. The molecule has 1 aliphatic rings. The second-order valence-electron chi connectivity index (χ2n) is 7.25. The van der Waals surface area contributed by atoms with E-state index in [0.717, 1.165) is 19.3 Å². The maximum Gasteiger partial charge on any atom is 0.310 e. The zero-order valence-electron chi connectivity index (χ0n) is 17.1. The lowest BCUT2D eigenvalue weighted by atomic mass is 10.1. The minimum atomic E-state index is -3.57. The van der Waals surface area contributed by atoms with Gasteiger partial charge in [-0.2, -0.15) is 4.31 Å². The Morgan fingerprint density at radius 2 is 1.89 bits per heavy atom. The molecule has 0 aliphatic carbocycles. The Morgan fingerprint density at radius 3 is 2.43 bits per heavy atom. The van der Waals surface area contributed by atoms with Gasteiger partial charge in [-0.1, -0.05) is 13.3 Å². The summed E-state index contributed by atoms with van der Waals surface area (Å²) in [5.74, 6) is -1.05. The van der Waals surface area contributed by atoms with Crippen molar-refractivity contribution >= 4 is 21.9 Å². The number of rotatable bonds is 7. The van der Waals surface area contributed by atoms with E-state index in [2.05, 4.69) is 0 Å². The van der Waals surface area contributed by atoms with Crippen LogP contribution in [0.25, 0.3) is 0 Å². The molecular formula is C20H30N2O5S. The molecule has 1 saturated heterocycles. The number of methoxy groups -OCH3 is 1. The lowest BCUT2D eigenvalue weighted by Gasteiger charge is -2.32. The molecule has 0 bridgehead atoms. The molecule has 1 aromatic carbocycles. The topological polar surface area (TPSA) is 84.0 Å². The molecular weight excluding hydrogens is 380 g/mol. The number of esters is 1. The van der Waals surface area contributed by atoms with Gasteiger partial charge in [0.05, 0.1) is 17.9 Å². The molecule has 0 spiro atoms. The number of piperidine rings is 1. The Morgan fingerprint density at radius 1 is 1.25 bits per heavy atom. The summed E-state index contributed by atoms with van der Waals surface area (Å²) in [6, 6.07) is 6.03. The third-order valence-electron chi connectivity index (χ3n) is 5.22. The maximum atomic E-state index is 12.9. The monoisotopic (exact) mass is 410 g/mol. The Hall–Kier alpha value is -1.93. The van der Waals surface area contributed by atoms with E-state index in [0.29, 0.717) is 18.7 Å². The van der Waals surface area contributed by atoms with Crippen molar-refractivity contribution in [1.82, 2.24) is 9.21 Å². The molecule has 7 nitrogen and oxygen atoms in total. The minimum Gasteiger partial charge on any atom is -0.469 e. The lowest BCUT2D eigenvalue weighted by Crippen LogP contribution is -2.41. The zero-order valence-corrected chi connectivity index (χ0v) is 17.9. The van der Waals surface area contributed by atoms with Crippen LogP contribution in [0, 0.1) is 5.92 Å². The van der Waals surface area contributed by atoms with Crippen molar-refractivity contribution in [3.05, 3.63) is 29.8 Å². The van der Waals surface area contributed by atoms with Crippen LogP contribution in [0.15, 0.2) is 29.2 Å². The van der Waals surface area contributed by atoms with Crippen molar-refractivity contribution in [2.24, 2.45) is 5.92 Å². The van der Waals surface area contributed by atoms with Gasteiger partial charge in [0.15, 0.2) is 0 Å². The highest BCUT2D eigenvalue weighted by Crippen LogP contribution is 2.25. The van der Waals surface area contributed by atoms with Crippen LogP contribution in [0.1, 0.15) is 50.4 Å². The first kappa shape index (κ1) is 22.4. The van der Waals surface area contributed by atoms with Crippen LogP contribution in [0.4, 0.5) is 0 Å². The number of hydrogen-bond acceptors (Lipinski definition) is 5. The number of sulfonamides is 1. The first-order valence-corrected chi connectivity index (χ1v) is 11.1. The molecule has 28 heavy (non-hydrogen) atoms. The largest absolute Gasteiger partial charge is 0.469 e. The van der Waals surface area contributed by atoms with Crippen LogP contribution in [-0.4, -0.2) is 62.3 Å². The normalized spacial score (nSPS) is 19.1. The standard InChI is InChI=1S/C20H30N2O5S/c1-5-21(14-15(2)20(24)27-4)19(23)17-9-11-18(12-10-17)28(25,26)22-13-7-6-8-16(22)3/h9-12,15-16H,5-8,13-14H2,1-4H3. The van der Waals surface area contributed by atoms with Crippen molar-refractivity contribution < 1.29 is 22.7 Å². The summed E-state index contributed by atoms with van der Waals surface area (Å²) in [7, 11) is -2.25. The molecule has 156 valence electrons. The Balaban J connectivity index is 2.16. The third-order valence-corrected chi connectivity index (χ3v) is 7.24. The molecule has 1 amide bonds. The van der Waals surface area contributed by atoms with Gasteiger partial charge in [-0.25, -0.2) is 8.42 Å². The zero-order chi connectivity index (χ0) is 20.9. The van der Waals surface area contributed by atoms with E-state index in [-0.39, 0.29) is 29.4 Å². The molecule has 0 radical (unpaired) electrons. The van der Waals surface area contributed by atoms with E-state index in [9.17, 15) is 18.0 Å². The van der Waals surface area contributed by atoms with Crippen molar-refractivity contribution in [2.75, 3.05) is 26.7 Å². The molecule has 2 unspecified atom stereocenters. The molecule has 1 aliphatic heterocycles. The van der Waals surface area contributed by atoms with Crippen LogP contribution in [0.5, 0.6) is 0 Å². The molecule has 2 atom stereocenters. The Kier molecular flexibility index (Phi) is 7.60. The highest BCUT2D eigenvalue weighted by Gasteiger charge is 2.31. The van der Waals surface area contributed by atoms with Gasteiger partial charge in [0.25, 0.3) is 5.91 Å². The SMILES string of the molecule is CCN(CC(C)C(=O)OC)C(=O)c1ccc(S(=O)(=O)N2CCCCC2C)cc1. The molecule has 1 aromatic rings. The third kappa shape index (κ3) is 4.91. The summed E-state index contributed by atoms with van der Waals surface area (Å²) in [6.07, 6.45) is 2.76. The fourth-order valence-corrected chi connectivity index (χ4v) is 5.18. The summed E-state index contributed by atoms with van der Waals surface area (Å²) >= 11 is 0. The molecule has 0 aromatic heterocycles. The molecule has 8 heteroatoms. The van der Waals surface area contributed by atoms with Crippen LogP contribution >= 0.6 is 0 Å². The summed E-state index contributed by atoms with van der Waals surface area (Å²) in [4.78, 5) is 26.1. The van der Waals surface area contributed by atoms with Gasteiger partial charge < -0.3 is 9.64 Å². The highest BCUT2D eigenvalue weighted by molar-refractivity contribution is 7.89. The number of nitrogens with zero attached hydrogens (tertiary/aromatic N) is 2. The summed E-state index contributed by atoms with van der Waals surface area (Å²) < 4.78 is 32.1. The molecule has 1 fully saturated rings. The molecule has 2 rings (SSSR count). The summed E-state index contributed by atoms with van der Waals surface area (Å²) in [5.41, 5.74) is 0.393. The van der Waals surface area contributed by atoms with Gasteiger partial charge in [-0.05, 0) is 51.0 Å². The second-order valence-corrected chi connectivity index (χ2v) is 9.14. The van der Waals surface area contributed by atoms with Crippen LogP contribution in [0.2, 0.25) is 0 Å². The van der Waals surface area contributed by atoms with E-state index in [1.165, 1.54) is 31.4 Å². The average Bonchev–Trinajstić information content (AvgIpc) is 2.70. The van der Waals surface area contributed by atoms with E-state index in [4.69, 9.17) is 4.74 Å². The fourth-order valence-electron chi connectivity index (χ4n) is 3.48. The Labute approximate surface area is 167 Å². The molecule has 1 heterocycles. The second kappa shape index (κ2) is 9.52. The maximum absolute atomic E-state index is 12.9. The number of ether oxygens (including phenoxy) is 1. The molecule has 0 saturated carbocycles. The number of amides is 1. The van der Waals surface area contributed by atoms with Gasteiger partial charge in [0, 0.05) is 31.2 Å². The van der Waals surface area contributed by atoms with E-state index >= 15 is 0 Å². The number of benzene rings is 1. The summed E-state index contributed by atoms with van der Waals surface area (Å²) in [6.45, 7) is 6.67.